The molecule has 1 heterocycles. The highest BCUT2D eigenvalue weighted by molar-refractivity contribution is 7.09. The first-order valence-corrected chi connectivity index (χ1v) is 9.13. The summed E-state index contributed by atoms with van der Waals surface area (Å²) in [6.07, 6.45) is 3.06. The Morgan fingerprint density at radius 2 is 2.00 bits per heavy atom. The van der Waals surface area contributed by atoms with E-state index in [0.717, 1.165) is 55.6 Å². The second-order valence-corrected chi connectivity index (χ2v) is 6.45. The maximum Gasteiger partial charge on any atom is 0.191 e. The van der Waals surface area contributed by atoms with Gasteiger partial charge in [0.05, 0.1) is 10.7 Å². The van der Waals surface area contributed by atoms with Gasteiger partial charge in [0.25, 0.3) is 0 Å². The molecular weight excluding hydrogens is 304 g/mol. The molecular formula is C18H26N4S. The zero-order valence-corrected chi connectivity index (χ0v) is 14.8. The number of aliphatic imine (C=N–C) groups is 1. The maximum atomic E-state index is 4.64. The molecule has 2 aromatic rings. The first-order chi connectivity index (χ1) is 11.3. The number of aryl methyl sites for hydroxylation is 2. The van der Waals surface area contributed by atoms with Crippen LogP contribution in [0.25, 0.3) is 0 Å². The van der Waals surface area contributed by atoms with Crippen molar-refractivity contribution < 1.29 is 0 Å². The normalized spacial score (nSPS) is 11.5. The average molecular weight is 331 g/mol. The first-order valence-electron chi connectivity index (χ1n) is 8.25. The third-order valence-corrected chi connectivity index (χ3v) is 4.24. The van der Waals surface area contributed by atoms with Gasteiger partial charge in [0.15, 0.2) is 5.96 Å². The Balaban J connectivity index is 1.71. The number of rotatable bonds is 8. The van der Waals surface area contributed by atoms with Gasteiger partial charge in [-0.15, -0.1) is 11.3 Å². The predicted molar refractivity (Wildman–Crippen MR) is 99.3 cm³/mol. The van der Waals surface area contributed by atoms with Gasteiger partial charge in [-0.3, -0.25) is 4.99 Å². The highest BCUT2D eigenvalue weighted by Gasteiger charge is 2.00. The van der Waals surface area contributed by atoms with E-state index < -0.39 is 0 Å². The molecule has 23 heavy (non-hydrogen) atoms. The molecule has 2 rings (SSSR count). The molecule has 0 bridgehead atoms. The largest absolute Gasteiger partial charge is 0.357 e. The maximum absolute atomic E-state index is 4.64. The second-order valence-electron chi connectivity index (χ2n) is 5.38. The highest BCUT2D eigenvalue weighted by Crippen LogP contribution is 2.07. The summed E-state index contributed by atoms with van der Waals surface area (Å²) < 4.78 is 0. The van der Waals surface area contributed by atoms with Crippen LogP contribution in [0.4, 0.5) is 0 Å². The van der Waals surface area contributed by atoms with Gasteiger partial charge in [-0.2, -0.15) is 0 Å². The van der Waals surface area contributed by atoms with Gasteiger partial charge in [-0.1, -0.05) is 30.3 Å². The minimum absolute atomic E-state index is 0.833. The summed E-state index contributed by atoms with van der Waals surface area (Å²) in [5.41, 5.74) is 2.53. The lowest BCUT2D eigenvalue weighted by Gasteiger charge is -2.10. The smallest absolute Gasteiger partial charge is 0.191 e. The van der Waals surface area contributed by atoms with Gasteiger partial charge in [-0.25, -0.2) is 4.98 Å². The van der Waals surface area contributed by atoms with E-state index in [9.17, 15) is 0 Å². The summed E-state index contributed by atoms with van der Waals surface area (Å²) in [4.78, 5) is 9.12. The van der Waals surface area contributed by atoms with Crippen LogP contribution in [0.5, 0.6) is 0 Å². The molecule has 2 N–H and O–H groups in total. The molecule has 0 aliphatic rings. The quantitative estimate of drug-likeness (QED) is 0.444. The van der Waals surface area contributed by atoms with E-state index >= 15 is 0 Å². The zero-order chi connectivity index (χ0) is 16.3. The standard InChI is InChI=1S/C18H26N4S/c1-3-19-18(21-13-11-17-14-23-15(2)22-17)20-12-7-10-16-8-5-4-6-9-16/h4-6,8-9,14H,3,7,10-13H2,1-2H3,(H2,19,20,21). The summed E-state index contributed by atoms with van der Waals surface area (Å²) in [5.74, 6) is 0.896. The Hall–Kier alpha value is -1.88. The van der Waals surface area contributed by atoms with E-state index in [1.54, 1.807) is 11.3 Å². The Kier molecular flexibility index (Phi) is 7.60. The number of hydrogen-bond donors (Lipinski definition) is 2. The van der Waals surface area contributed by atoms with Crippen LogP contribution in [0.15, 0.2) is 40.7 Å². The molecule has 0 atom stereocenters. The number of benzene rings is 1. The predicted octanol–water partition coefficient (Wildman–Crippen LogP) is 3.18. The van der Waals surface area contributed by atoms with E-state index in [-0.39, 0.29) is 0 Å². The van der Waals surface area contributed by atoms with E-state index in [2.05, 4.69) is 63.2 Å². The SMILES string of the molecule is CCNC(=NCCCc1ccccc1)NCCc1csc(C)n1. The molecule has 0 saturated heterocycles. The van der Waals surface area contributed by atoms with E-state index in [1.807, 2.05) is 6.92 Å². The molecule has 5 heteroatoms. The van der Waals surface area contributed by atoms with E-state index in [0.29, 0.717) is 0 Å². The Bertz CT molecular complexity index is 592. The van der Waals surface area contributed by atoms with Crippen LogP contribution in [-0.4, -0.2) is 30.6 Å². The van der Waals surface area contributed by atoms with Gasteiger partial charge in [0.2, 0.25) is 0 Å². The van der Waals surface area contributed by atoms with Crippen molar-refractivity contribution in [3.63, 3.8) is 0 Å². The van der Waals surface area contributed by atoms with Gasteiger partial charge >= 0.3 is 0 Å². The van der Waals surface area contributed by atoms with Crippen LogP contribution in [0.1, 0.15) is 29.6 Å². The molecule has 0 saturated carbocycles. The molecule has 1 aromatic heterocycles. The average Bonchev–Trinajstić information content (AvgIpc) is 2.98. The van der Waals surface area contributed by atoms with Crippen LogP contribution in [0.3, 0.4) is 0 Å². The summed E-state index contributed by atoms with van der Waals surface area (Å²) in [5, 5.41) is 9.93. The number of nitrogens with zero attached hydrogens (tertiary/aromatic N) is 2. The number of nitrogens with one attached hydrogen (secondary N) is 2. The summed E-state index contributed by atoms with van der Waals surface area (Å²) >= 11 is 1.70. The molecule has 0 fully saturated rings. The van der Waals surface area contributed by atoms with Crippen molar-refractivity contribution in [1.29, 1.82) is 0 Å². The van der Waals surface area contributed by atoms with Crippen molar-refractivity contribution in [3.05, 3.63) is 52.0 Å². The molecule has 0 aliphatic carbocycles. The highest BCUT2D eigenvalue weighted by atomic mass is 32.1. The first kappa shape index (κ1) is 17.5. The fourth-order valence-electron chi connectivity index (χ4n) is 2.29. The molecule has 0 radical (unpaired) electrons. The van der Waals surface area contributed by atoms with Gasteiger partial charge in [-0.05, 0) is 32.3 Å². The van der Waals surface area contributed by atoms with E-state index in [1.165, 1.54) is 5.56 Å². The lowest BCUT2D eigenvalue weighted by Crippen LogP contribution is -2.38. The summed E-state index contributed by atoms with van der Waals surface area (Å²) in [6, 6.07) is 10.6. The molecule has 0 amide bonds. The molecule has 1 aromatic carbocycles. The fourth-order valence-corrected chi connectivity index (χ4v) is 2.94. The molecule has 124 valence electrons. The Labute approximate surface area is 143 Å². The topological polar surface area (TPSA) is 49.3 Å². The fraction of sp³-hybridized carbons (Fsp3) is 0.444. The summed E-state index contributed by atoms with van der Waals surface area (Å²) in [6.45, 7) is 6.69. The number of aromatic nitrogens is 1. The van der Waals surface area contributed by atoms with Crippen LogP contribution < -0.4 is 10.6 Å². The second kappa shape index (κ2) is 10.0. The van der Waals surface area contributed by atoms with Crippen LogP contribution in [0.2, 0.25) is 0 Å². The van der Waals surface area contributed by atoms with Crippen LogP contribution in [0, 0.1) is 6.92 Å². The van der Waals surface area contributed by atoms with Crippen molar-refractivity contribution in [2.45, 2.75) is 33.1 Å². The van der Waals surface area contributed by atoms with Crippen LogP contribution in [-0.2, 0) is 12.8 Å². The van der Waals surface area contributed by atoms with Crippen molar-refractivity contribution >= 4 is 17.3 Å². The van der Waals surface area contributed by atoms with Crippen molar-refractivity contribution in [1.82, 2.24) is 15.6 Å². The van der Waals surface area contributed by atoms with Gasteiger partial charge in [0, 0.05) is 31.4 Å². The lowest BCUT2D eigenvalue weighted by molar-refractivity contribution is 0.771. The van der Waals surface area contributed by atoms with Gasteiger partial charge in [0.1, 0.15) is 0 Å². The van der Waals surface area contributed by atoms with Crippen LogP contribution >= 0.6 is 11.3 Å². The molecule has 4 nitrogen and oxygen atoms in total. The molecule has 0 spiro atoms. The number of hydrogen-bond acceptors (Lipinski definition) is 3. The minimum Gasteiger partial charge on any atom is -0.357 e. The third-order valence-electron chi connectivity index (χ3n) is 3.42. The number of thiazole rings is 1. The monoisotopic (exact) mass is 330 g/mol. The number of guanidine groups is 1. The Morgan fingerprint density at radius 3 is 2.70 bits per heavy atom. The van der Waals surface area contributed by atoms with Gasteiger partial charge < -0.3 is 10.6 Å². The molecule has 0 aliphatic heterocycles. The Morgan fingerprint density at radius 1 is 1.17 bits per heavy atom. The molecule has 0 unspecified atom stereocenters. The van der Waals surface area contributed by atoms with Crippen molar-refractivity contribution in [2.75, 3.05) is 19.6 Å². The minimum atomic E-state index is 0.833. The van der Waals surface area contributed by atoms with Crippen molar-refractivity contribution in [3.8, 4) is 0 Å². The third kappa shape index (κ3) is 6.82. The zero-order valence-electron chi connectivity index (χ0n) is 14.0. The van der Waals surface area contributed by atoms with E-state index in [4.69, 9.17) is 0 Å². The van der Waals surface area contributed by atoms with Crippen molar-refractivity contribution in [2.24, 2.45) is 4.99 Å². The summed E-state index contributed by atoms with van der Waals surface area (Å²) in [7, 11) is 0. The lowest BCUT2D eigenvalue weighted by atomic mass is 10.1.